The molecule has 0 aliphatic rings. The van der Waals surface area contributed by atoms with E-state index in [0.717, 1.165) is 0 Å². The van der Waals surface area contributed by atoms with E-state index >= 15 is 0 Å². The zero-order valence-electron chi connectivity index (χ0n) is 10.4. The molecule has 0 radical (unpaired) electrons. The van der Waals surface area contributed by atoms with Gasteiger partial charge in [-0.25, -0.2) is 22.0 Å². The maximum atomic E-state index is 13.5. The summed E-state index contributed by atoms with van der Waals surface area (Å²) in [5, 5.41) is 0. The van der Waals surface area contributed by atoms with E-state index in [-0.39, 0.29) is 13.2 Å². The van der Waals surface area contributed by atoms with Crippen molar-refractivity contribution in [3.05, 3.63) is 29.3 Å². The van der Waals surface area contributed by atoms with E-state index in [1.54, 1.807) is 6.92 Å². The first-order valence-corrected chi connectivity index (χ1v) is 7.77. The van der Waals surface area contributed by atoms with Gasteiger partial charge in [0.05, 0.1) is 17.1 Å². The fourth-order valence-corrected chi connectivity index (χ4v) is 2.04. The Kier molecular flexibility index (Phi) is 5.85. The smallest absolute Gasteiger partial charge is 0.341 e. The number of hydrogen-bond acceptors (Lipinski definition) is 5. The Morgan fingerprint density at radius 2 is 1.95 bits per heavy atom. The molecule has 0 N–H and O–H groups in total. The summed E-state index contributed by atoms with van der Waals surface area (Å²) in [6.07, 6.45) is 0. The van der Waals surface area contributed by atoms with Gasteiger partial charge in [-0.1, -0.05) is 0 Å². The standard InChI is InChI=1S/C11H11ClF2O5S/c1-2-18-3-4-19-11(15)8-5-7(20(12,16)17)6-9(13)10(8)14/h5-6H,2-4H2,1H3. The fraction of sp³-hybridized carbons (Fsp3) is 0.364. The molecule has 0 saturated carbocycles. The maximum absolute atomic E-state index is 13.5. The summed E-state index contributed by atoms with van der Waals surface area (Å²) < 4.78 is 58.4. The predicted octanol–water partition coefficient (Wildman–Crippen LogP) is 2.09. The third kappa shape index (κ3) is 4.39. The Balaban J connectivity index is 2.99. The first-order valence-electron chi connectivity index (χ1n) is 5.46. The van der Waals surface area contributed by atoms with Crippen molar-refractivity contribution < 1.29 is 31.5 Å². The van der Waals surface area contributed by atoms with Crippen LogP contribution in [-0.4, -0.2) is 34.2 Å². The molecule has 0 atom stereocenters. The van der Waals surface area contributed by atoms with Gasteiger partial charge in [-0.15, -0.1) is 0 Å². The van der Waals surface area contributed by atoms with Crippen LogP contribution in [0.1, 0.15) is 17.3 Å². The van der Waals surface area contributed by atoms with Crippen LogP contribution in [0.4, 0.5) is 8.78 Å². The molecule has 1 rings (SSSR count). The van der Waals surface area contributed by atoms with Gasteiger partial charge in [0, 0.05) is 17.3 Å². The van der Waals surface area contributed by atoms with Crippen LogP contribution < -0.4 is 0 Å². The molecule has 0 fully saturated rings. The van der Waals surface area contributed by atoms with Gasteiger partial charge in [-0.05, 0) is 19.1 Å². The second-order valence-electron chi connectivity index (χ2n) is 3.54. The molecule has 112 valence electrons. The highest BCUT2D eigenvalue weighted by molar-refractivity contribution is 8.13. The van der Waals surface area contributed by atoms with Crippen LogP contribution in [0.2, 0.25) is 0 Å². The number of hydrogen-bond donors (Lipinski definition) is 0. The van der Waals surface area contributed by atoms with Crippen LogP contribution in [0.5, 0.6) is 0 Å². The van der Waals surface area contributed by atoms with Gasteiger partial charge in [0.15, 0.2) is 11.6 Å². The molecule has 20 heavy (non-hydrogen) atoms. The Labute approximate surface area is 118 Å². The van der Waals surface area contributed by atoms with Crippen molar-refractivity contribution in [3.8, 4) is 0 Å². The van der Waals surface area contributed by atoms with Crippen molar-refractivity contribution in [3.63, 3.8) is 0 Å². The molecule has 5 nitrogen and oxygen atoms in total. The van der Waals surface area contributed by atoms with Crippen molar-refractivity contribution in [1.29, 1.82) is 0 Å². The summed E-state index contributed by atoms with van der Waals surface area (Å²) in [5.74, 6) is -4.22. The number of carbonyl (C=O) groups is 1. The molecule has 0 bridgehead atoms. The highest BCUT2D eigenvalue weighted by Gasteiger charge is 2.22. The van der Waals surface area contributed by atoms with E-state index in [1.165, 1.54) is 0 Å². The molecule has 0 amide bonds. The van der Waals surface area contributed by atoms with Gasteiger partial charge in [-0.2, -0.15) is 0 Å². The molecule has 0 aliphatic heterocycles. The van der Waals surface area contributed by atoms with Gasteiger partial charge in [0.2, 0.25) is 0 Å². The lowest BCUT2D eigenvalue weighted by molar-refractivity contribution is 0.0329. The molecular weight excluding hydrogens is 318 g/mol. The van der Waals surface area contributed by atoms with Gasteiger partial charge in [0.25, 0.3) is 9.05 Å². The van der Waals surface area contributed by atoms with Gasteiger partial charge >= 0.3 is 5.97 Å². The summed E-state index contributed by atoms with van der Waals surface area (Å²) in [6.45, 7) is 2.04. The third-order valence-corrected chi connectivity index (χ3v) is 3.50. The summed E-state index contributed by atoms with van der Waals surface area (Å²) in [5.41, 5.74) is -0.847. The minimum atomic E-state index is -4.29. The van der Waals surface area contributed by atoms with Crippen LogP contribution >= 0.6 is 10.7 Å². The predicted molar refractivity (Wildman–Crippen MR) is 66.2 cm³/mol. The zero-order valence-corrected chi connectivity index (χ0v) is 11.9. The Morgan fingerprint density at radius 1 is 1.30 bits per heavy atom. The average molecular weight is 329 g/mol. The molecule has 0 aromatic heterocycles. The first kappa shape index (κ1) is 16.8. The molecule has 1 aromatic carbocycles. The number of halogens is 3. The first-order chi connectivity index (χ1) is 9.27. The summed E-state index contributed by atoms with van der Waals surface area (Å²) in [4.78, 5) is 10.8. The van der Waals surface area contributed by atoms with Crippen molar-refractivity contribution in [2.75, 3.05) is 19.8 Å². The average Bonchev–Trinajstić information content (AvgIpc) is 2.36. The van der Waals surface area contributed by atoms with Crippen molar-refractivity contribution in [1.82, 2.24) is 0 Å². The Bertz CT molecular complexity index is 603. The van der Waals surface area contributed by atoms with Crippen LogP contribution in [0.25, 0.3) is 0 Å². The van der Waals surface area contributed by atoms with Crippen LogP contribution in [0, 0.1) is 11.6 Å². The second kappa shape index (κ2) is 6.96. The summed E-state index contributed by atoms with van der Waals surface area (Å²) >= 11 is 0. The van der Waals surface area contributed by atoms with Gasteiger partial charge in [-0.3, -0.25) is 0 Å². The quantitative estimate of drug-likeness (QED) is 0.454. The molecule has 0 saturated heterocycles. The van der Waals surface area contributed by atoms with E-state index in [0.29, 0.717) is 18.7 Å². The van der Waals surface area contributed by atoms with Crippen molar-refractivity contribution >= 4 is 25.7 Å². The lowest BCUT2D eigenvalue weighted by Gasteiger charge is -2.07. The van der Waals surface area contributed by atoms with Gasteiger partial charge in [0.1, 0.15) is 6.61 Å². The monoisotopic (exact) mass is 328 g/mol. The highest BCUT2D eigenvalue weighted by atomic mass is 35.7. The molecule has 0 unspecified atom stereocenters. The lowest BCUT2D eigenvalue weighted by atomic mass is 10.2. The number of esters is 1. The summed E-state index contributed by atoms with van der Waals surface area (Å²) in [7, 11) is 0.722. The number of rotatable bonds is 6. The topological polar surface area (TPSA) is 69.7 Å². The zero-order chi connectivity index (χ0) is 15.3. The SMILES string of the molecule is CCOCCOC(=O)c1cc(S(=O)(=O)Cl)cc(F)c1F. The Morgan fingerprint density at radius 3 is 2.50 bits per heavy atom. The van der Waals surface area contributed by atoms with E-state index in [2.05, 4.69) is 4.74 Å². The van der Waals surface area contributed by atoms with Gasteiger partial charge < -0.3 is 9.47 Å². The molecule has 1 aromatic rings. The van der Waals surface area contributed by atoms with Crippen LogP contribution in [-0.2, 0) is 18.5 Å². The minimum absolute atomic E-state index is 0.0832. The van der Waals surface area contributed by atoms with E-state index in [1.807, 2.05) is 0 Å². The largest absolute Gasteiger partial charge is 0.460 e. The Hall–Kier alpha value is -1.25. The number of ether oxygens (including phenoxy) is 2. The molecule has 9 heteroatoms. The number of carbonyl (C=O) groups excluding carboxylic acids is 1. The highest BCUT2D eigenvalue weighted by Crippen LogP contribution is 2.22. The fourth-order valence-electron chi connectivity index (χ4n) is 1.27. The summed E-state index contributed by atoms with van der Waals surface area (Å²) in [6, 6.07) is 0.998. The van der Waals surface area contributed by atoms with E-state index in [4.69, 9.17) is 15.4 Å². The third-order valence-electron chi connectivity index (χ3n) is 2.17. The lowest BCUT2D eigenvalue weighted by Crippen LogP contribution is -2.14. The molecule has 0 aliphatic carbocycles. The molecule has 0 spiro atoms. The van der Waals surface area contributed by atoms with Crippen LogP contribution in [0.3, 0.4) is 0 Å². The van der Waals surface area contributed by atoms with Crippen molar-refractivity contribution in [2.45, 2.75) is 11.8 Å². The van der Waals surface area contributed by atoms with E-state index < -0.39 is 37.1 Å². The maximum Gasteiger partial charge on any atom is 0.341 e. The second-order valence-corrected chi connectivity index (χ2v) is 6.10. The minimum Gasteiger partial charge on any atom is -0.460 e. The van der Waals surface area contributed by atoms with Crippen LogP contribution in [0.15, 0.2) is 17.0 Å². The van der Waals surface area contributed by atoms with Crippen molar-refractivity contribution in [2.24, 2.45) is 0 Å². The van der Waals surface area contributed by atoms with E-state index in [9.17, 15) is 22.0 Å². The molecule has 0 heterocycles. The molecular formula is C11H11ClF2O5S. The number of benzene rings is 1. The normalized spacial score (nSPS) is 11.4.